The van der Waals surface area contributed by atoms with Gasteiger partial charge < -0.3 is 10.2 Å². The van der Waals surface area contributed by atoms with Crippen molar-refractivity contribution in [2.75, 3.05) is 18.4 Å². The minimum absolute atomic E-state index is 0.114. The Hall–Kier alpha value is -2.57. The molecular weight excluding hydrogens is 486 g/mol. The van der Waals surface area contributed by atoms with Crippen LogP contribution in [0.4, 0.5) is 5.82 Å². The first kappa shape index (κ1) is 22.9. The number of hydrogen-bond acceptors (Lipinski definition) is 8. The number of nitrogens with one attached hydrogen (secondary N) is 2. The van der Waals surface area contributed by atoms with E-state index in [-0.39, 0.29) is 23.4 Å². The lowest BCUT2D eigenvalue weighted by Gasteiger charge is -2.35. The largest absolute Gasteiger partial charge is 0.367 e. The smallest absolute Gasteiger partial charge is 0.272 e. The third kappa shape index (κ3) is 4.54. The molecular formula is C23H29N7O3S2. The molecule has 3 aliphatic rings. The van der Waals surface area contributed by atoms with Crippen molar-refractivity contribution in [2.24, 2.45) is 11.8 Å². The number of anilines is 1. The zero-order valence-corrected chi connectivity index (χ0v) is 21.2. The summed E-state index contributed by atoms with van der Waals surface area (Å²) in [5.41, 5.74) is 0.887. The van der Waals surface area contributed by atoms with E-state index in [2.05, 4.69) is 27.0 Å². The first-order chi connectivity index (χ1) is 16.9. The Morgan fingerprint density at radius 3 is 2.66 bits per heavy atom. The van der Waals surface area contributed by atoms with Gasteiger partial charge in [0.05, 0.1) is 11.8 Å². The van der Waals surface area contributed by atoms with Crippen molar-refractivity contribution < 1.29 is 13.2 Å². The lowest BCUT2D eigenvalue weighted by Crippen LogP contribution is -2.46. The van der Waals surface area contributed by atoms with Gasteiger partial charge in [0.2, 0.25) is 10.9 Å². The zero-order chi connectivity index (χ0) is 24.2. The van der Waals surface area contributed by atoms with Crippen LogP contribution in [-0.2, 0) is 10.9 Å². The molecule has 0 unspecified atom stereocenters. The summed E-state index contributed by atoms with van der Waals surface area (Å²) in [6.07, 6.45) is 9.37. The molecule has 186 valence electrons. The average Bonchev–Trinajstić information content (AvgIpc) is 3.75. The van der Waals surface area contributed by atoms with E-state index in [1.54, 1.807) is 28.1 Å². The molecule has 3 fully saturated rings. The van der Waals surface area contributed by atoms with Crippen LogP contribution in [0.5, 0.6) is 0 Å². The highest BCUT2D eigenvalue weighted by molar-refractivity contribution is 7.70. The molecule has 2 saturated carbocycles. The predicted octanol–water partition coefficient (Wildman–Crippen LogP) is 2.56. The number of amides is 1. The lowest BCUT2D eigenvalue weighted by molar-refractivity contribution is 0.0662. The van der Waals surface area contributed by atoms with E-state index < -0.39 is 10.9 Å². The molecule has 6 rings (SSSR count). The molecule has 3 aromatic heterocycles. The maximum atomic E-state index is 13.5. The van der Waals surface area contributed by atoms with Crippen molar-refractivity contribution in [3.8, 4) is 11.4 Å². The van der Waals surface area contributed by atoms with E-state index in [1.165, 1.54) is 12.8 Å². The van der Waals surface area contributed by atoms with E-state index in [1.807, 2.05) is 16.5 Å². The lowest BCUT2D eigenvalue weighted by atomic mass is 9.88. The molecule has 35 heavy (non-hydrogen) atoms. The number of thiol groups is 1. The van der Waals surface area contributed by atoms with Gasteiger partial charge in [-0.3, -0.25) is 4.79 Å². The molecule has 12 heteroatoms. The fourth-order valence-electron chi connectivity index (χ4n) is 5.30. The number of carbonyl (C=O) groups is 1. The molecule has 2 N–H and O–H groups in total. The quantitative estimate of drug-likeness (QED) is 0.394. The predicted molar refractivity (Wildman–Crippen MR) is 134 cm³/mol. The Morgan fingerprint density at radius 2 is 1.97 bits per heavy atom. The summed E-state index contributed by atoms with van der Waals surface area (Å²) < 4.78 is 27.0. The second-order valence-electron chi connectivity index (χ2n) is 10.0. The molecule has 0 spiro atoms. The molecule has 1 amide bonds. The van der Waals surface area contributed by atoms with E-state index in [0.717, 1.165) is 36.1 Å². The van der Waals surface area contributed by atoms with Crippen LogP contribution >= 0.6 is 11.3 Å². The van der Waals surface area contributed by atoms with Gasteiger partial charge in [0.15, 0.2) is 5.82 Å². The number of carbonyl (C=O) groups excluding carboxylic acids is 1. The molecule has 10 nitrogen and oxygen atoms in total. The van der Waals surface area contributed by atoms with Crippen LogP contribution in [0.3, 0.4) is 0 Å². The van der Waals surface area contributed by atoms with E-state index >= 15 is 0 Å². The Labute approximate surface area is 209 Å². The third-order valence-electron chi connectivity index (χ3n) is 7.69. The van der Waals surface area contributed by atoms with Crippen molar-refractivity contribution >= 4 is 38.8 Å². The molecule has 0 bridgehead atoms. The number of hydrogen-bond donors (Lipinski definition) is 3. The van der Waals surface area contributed by atoms with Crippen molar-refractivity contribution in [3.05, 3.63) is 29.5 Å². The van der Waals surface area contributed by atoms with Crippen LogP contribution in [0.1, 0.15) is 55.9 Å². The molecule has 2 aliphatic carbocycles. The zero-order valence-electron chi connectivity index (χ0n) is 19.5. The van der Waals surface area contributed by atoms with E-state index in [4.69, 9.17) is 4.98 Å². The van der Waals surface area contributed by atoms with Crippen molar-refractivity contribution in [1.82, 2.24) is 29.2 Å². The highest BCUT2D eigenvalue weighted by atomic mass is 32.2. The van der Waals surface area contributed by atoms with Gasteiger partial charge in [-0.05, 0) is 57.3 Å². The second-order valence-corrected chi connectivity index (χ2v) is 11.7. The summed E-state index contributed by atoms with van der Waals surface area (Å²) in [5.74, 6) is 1.94. The minimum atomic E-state index is -2.61. The monoisotopic (exact) mass is 515 g/mol. The Bertz CT molecular complexity index is 1330. The average molecular weight is 516 g/mol. The normalized spacial score (nSPS) is 20.9. The van der Waals surface area contributed by atoms with Crippen molar-refractivity contribution in [2.45, 2.75) is 57.0 Å². The van der Waals surface area contributed by atoms with Gasteiger partial charge in [-0.2, -0.15) is 5.10 Å². The number of thiazole rings is 1. The van der Waals surface area contributed by atoms with Crippen LogP contribution in [-0.4, -0.2) is 63.5 Å². The summed E-state index contributed by atoms with van der Waals surface area (Å²) in [5, 5.41) is 9.84. The van der Waals surface area contributed by atoms with Gasteiger partial charge in [0.1, 0.15) is 16.3 Å². The second kappa shape index (κ2) is 8.82. The SMILES string of the molecule is C[C@H](Nc1cc(C(=O)N2CCC(C3(N[SH](=O)=O)CC3)CC2)nc(-c2cnn3ccsc23)n1)C1CC1. The molecule has 1 aliphatic heterocycles. The fraction of sp³-hybridized carbons (Fsp3) is 0.565. The topological polar surface area (TPSA) is 122 Å². The van der Waals surface area contributed by atoms with Gasteiger partial charge in [0, 0.05) is 42.3 Å². The maximum absolute atomic E-state index is 13.5. The van der Waals surface area contributed by atoms with Gasteiger partial charge in [0.25, 0.3) is 5.91 Å². The van der Waals surface area contributed by atoms with E-state index in [0.29, 0.717) is 36.3 Å². The molecule has 1 atom stereocenters. The van der Waals surface area contributed by atoms with Crippen LogP contribution in [0, 0.1) is 11.8 Å². The molecule has 1 saturated heterocycles. The van der Waals surface area contributed by atoms with E-state index in [9.17, 15) is 13.2 Å². The number of fused-ring (bicyclic) bond motifs is 1. The highest BCUT2D eigenvalue weighted by Gasteiger charge is 2.50. The van der Waals surface area contributed by atoms with Crippen LogP contribution < -0.4 is 10.0 Å². The Balaban J connectivity index is 1.25. The molecule has 3 aromatic rings. The van der Waals surface area contributed by atoms with Gasteiger partial charge in [-0.15, -0.1) is 11.3 Å². The van der Waals surface area contributed by atoms with Crippen molar-refractivity contribution in [3.63, 3.8) is 0 Å². The summed E-state index contributed by atoms with van der Waals surface area (Å²) in [6.45, 7) is 3.33. The number of rotatable bonds is 8. The summed E-state index contributed by atoms with van der Waals surface area (Å²) >= 11 is 1.56. The number of aromatic nitrogens is 4. The van der Waals surface area contributed by atoms with Crippen LogP contribution in [0.2, 0.25) is 0 Å². The standard InChI is InChI=1S/C23H29N7O3S2/c1-14(15-2-3-15)25-19-12-18(26-20(27-19)17-13-24-30-10-11-34-22(17)30)21(31)29-8-4-16(5-9-29)23(6-7-23)28-35(32)33/h10-16,35H,2-9H2,1H3,(H,25,26,27)(H,28,32,33)/t14-/m0/s1. The van der Waals surface area contributed by atoms with Gasteiger partial charge in [-0.25, -0.2) is 27.6 Å². The molecule has 0 aromatic carbocycles. The highest BCUT2D eigenvalue weighted by Crippen LogP contribution is 2.46. The minimum Gasteiger partial charge on any atom is -0.367 e. The maximum Gasteiger partial charge on any atom is 0.272 e. The molecule has 4 heterocycles. The molecule has 0 radical (unpaired) electrons. The Morgan fingerprint density at radius 1 is 1.20 bits per heavy atom. The summed E-state index contributed by atoms with van der Waals surface area (Å²) in [7, 11) is -2.61. The number of nitrogens with zero attached hydrogens (tertiary/aromatic N) is 5. The van der Waals surface area contributed by atoms with Crippen molar-refractivity contribution in [1.29, 1.82) is 0 Å². The van der Waals surface area contributed by atoms with Crippen LogP contribution in [0.25, 0.3) is 16.2 Å². The van der Waals surface area contributed by atoms with Gasteiger partial charge in [-0.1, -0.05) is 0 Å². The first-order valence-electron chi connectivity index (χ1n) is 12.2. The first-order valence-corrected chi connectivity index (χ1v) is 14.3. The third-order valence-corrected chi connectivity index (χ3v) is 9.20. The number of piperidine rings is 1. The van der Waals surface area contributed by atoms with Crippen LogP contribution in [0.15, 0.2) is 23.8 Å². The summed E-state index contributed by atoms with van der Waals surface area (Å²) in [4.78, 5) is 25.8. The number of likely N-dealkylation sites (tertiary alicyclic amines) is 1. The summed E-state index contributed by atoms with van der Waals surface area (Å²) in [6, 6.07) is 2.04. The fourth-order valence-corrected chi connectivity index (χ4v) is 6.87. The van der Waals surface area contributed by atoms with Gasteiger partial charge >= 0.3 is 0 Å². The Kier molecular flexibility index (Phi) is 5.76.